The van der Waals surface area contributed by atoms with Gasteiger partial charge in [-0.05, 0) is 116 Å². The van der Waals surface area contributed by atoms with Crippen LogP contribution in [0.1, 0.15) is 33.4 Å². The number of anilines is 6. The van der Waals surface area contributed by atoms with Crippen molar-refractivity contribution in [3.05, 3.63) is 240 Å². The normalized spacial score (nSPS) is 13.8. The molecule has 1 spiro atoms. The van der Waals surface area contributed by atoms with Crippen LogP contribution in [0.5, 0.6) is 0 Å². The van der Waals surface area contributed by atoms with Gasteiger partial charge in [-0.3, -0.25) is 0 Å². The molecule has 0 atom stereocenters. The molecule has 10 aromatic carbocycles. The summed E-state index contributed by atoms with van der Waals surface area (Å²) in [5.41, 5.74) is 7.50. The maximum atomic E-state index is 14.6. The molecular weight excluding hydrogens is 867 g/mol. The topological polar surface area (TPSA) is 19.6 Å². The van der Waals surface area contributed by atoms with Gasteiger partial charge in [-0.15, -0.1) is 0 Å². The SMILES string of the molecule is FC(F)(F)c1ccc(N(c2cc3c(c4ccccc24)-c2c(ccc4ccccc24)C32c3ccccc3N(c3ccccc3)c3ccccc32)c2cccc3c2oc2c(C(F)(F)F)cccc23)cc1. The lowest BCUT2D eigenvalue weighted by atomic mass is 9.64. The van der Waals surface area contributed by atoms with Crippen molar-refractivity contribution in [3.63, 3.8) is 0 Å². The summed E-state index contributed by atoms with van der Waals surface area (Å²) < 4.78 is 93.1. The van der Waals surface area contributed by atoms with E-state index in [0.29, 0.717) is 22.4 Å². The first-order valence-corrected chi connectivity index (χ1v) is 22.2. The van der Waals surface area contributed by atoms with Crippen LogP contribution >= 0.6 is 0 Å². The van der Waals surface area contributed by atoms with Gasteiger partial charge in [0.05, 0.1) is 39.3 Å². The van der Waals surface area contributed by atoms with Crippen LogP contribution in [-0.4, -0.2) is 0 Å². The molecule has 3 nitrogen and oxygen atoms in total. The summed E-state index contributed by atoms with van der Waals surface area (Å²) in [4.78, 5) is 4.13. The number of hydrogen-bond donors (Lipinski definition) is 0. The number of furan rings is 1. The molecule has 0 N–H and O–H groups in total. The molecule has 0 fully saturated rings. The third-order valence-corrected chi connectivity index (χ3v) is 13.9. The molecule has 13 rings (SSSR count). The van der Waals surface area contributed by atoms with Gasteiger partial charge in [0, 0.05) is 27.5 Å². The first-order valence-electron chi connectivity index (χ1n) is 22.2. The Bertz CT molecular complexity index is 3810. The van der Waals surface area contributed by atoms with E-state index in [4.69, 9.17) is 4.42 Å². The lowest BCUT2D eigenvalue weighted by Gasteiger charge is -2.45. The predicted octanol–water partition coefficient (Wildman–Crippen LogP) is 17.5. The van der Waals surface area contributed by atoms with E-state index in [1.165, 1.54) is 18.2 Å². The Hall–Kier alpha value is -8.30. The minimum atomic E-state index is -4.72. The van der Waals surface area contributed by atoms with E-state index >= 15 is 0 Å². The number of fused-ring (bicyclic) bond motifs is 16. The average molecular weight is 901 g/mol. The van der Waals surface area contributed by atoms with Crippen molar-refractivity contribution in [1.29, 1.82) is 0 Å². The van der Waals surface area contributed by atoms with Crippen LogP contribution in [0.15, 0.2) is 211 Å². The van der Waals surface area contributed by atoms with Crippen molar-refractivity contribution in [1.82, 2.24) is 0 Å². The van der Waals surface area contributed by atoms with Crippen molar-refractivity contribution in [2.45, 2.75) is 17.8 Å². The van der Waals surface area contributed by atoms with Gasteiger partial charge in [0.15, 0.2) is 5.58 Å². The minimum Gasteiger partial charge on any atom is -0.453 e. The van der Waals surface area contributed by atoms with Crippen LogP contribution in [0.4, 0.5) is 60.5 Å². The highest BCUT2D eigenvalue weighted by molar-refractivity contribution is 6.18. The number of para-hydroxylation sites is 5. The van der Waals surface area contributed by atoms with Crippen molar-refractivity contribution < 1.29 is 30.8 Å². The van der Waals surface area contributed by atoms with Gasteiger partial charge in [-0.25, -0.2) is 0 Å². The van der Waals surface area contributed by atoms with E-state index in [9.17, 15) is 26.3 Å². The summed E-state index contributed by atoms with van der Waals surface area (Å²) in [6, 6.07) is 64.1. The summed E-state index contributed by atoms with van der Waals surface area (Å²) in [5, 5.41) is 4.48. The number of benzene rings is 10. The number of halogens is 6. The van der Waals surface area contributed by atoms with Crippen molar-refractivity contribution in [2.75, 3.05) is 9.80 Å². The van der Waals surface area contributed by atoms with Gasteiger partial charge in [-0.1, -0.05) is 140 Å². The molecule has 1 aliphatic heterocycles. The predicted molar refractivity (Wildman–Crippen MR) is 259 cm³/mol. The molecule has 2 aliphatic rings. The lowest BCUT2D eigenvalue weighted by molar-refractivity contribution is -0.138. The summed E-state index contributed by atoms with van der Waals surface area (Å²) in [5.74, 6) is 0. The van der Waals surface area contributed by atoms with Crippen molar-refractivity contribution >= 4 is 77.6 Å². The van der Waals surface area contributed by atoms with Gasteiger partial charge in [0.25, 0.3) is 0 Å². The molecule has 328 valence electrons. The molecule has 9 heteroatoms. The molecule has 11 aromatic rings. The standard InChI is InChI=1S/C59H34F6N2O/c60-58(61,62)36-29-31-38(32-30-36)67(51-27-13-21-43-42-20-12-24-47(59(63,64)65)55(42)68-56(43)51)52-34-48-54(41-19-7-6-18-40(41)52)53-39-17-5-4-14-35(39)28-33-46(53)57(48)44-22-8-10-25-49(44)66(37-15-2-1-3-16-37)50-26-11-9-23-45(50)57/h1-34H. The van der Waals surface area contributed by atoms with Gasteiger partial charge >= 0.3 is 12.4 Å². The Morgan fingerprint density at radius 2 is 0.985 bits per heavy atom. The molecule has 0 bridgehead atoms. The Kier molecular flexibility index (Phi) is 8.44. The largest absolute Gasteiger partial charge is 0.453 e. The maximum Gasteiger partial charge on any atom is 0.420 e. The lowest BCUT2D eigenvalue weighted by Crippen LogP contribution is -2.36. The van der Waals surface area contributed by atoms with E-state index in [1.807, 2.05) is 65.6 Å². The van der Waals surface area contributed by atoms with Crippen LogP contribution in [0, 0.1) is 0 Å². The zero-order valence-electron chi connectivity index (χ0n) is 35.7. The van der Waals surface area contributed by atoms with Crippen LogP contribution in [0.2, 0.25) is 0 Å². The molecule has 0 amide bonds. The first kappa shape index (κ1) is 40.0. The third kappa shape index (κ3) is 5.56. The Balaban J connectivity index is 1.19. The van der Waals surface area contributed by atoms with Crippen LogP contribution < -0.4 is 9.80 Å². The van der Waals surface area contributed by atoms with E-state index in [-0.39, 0.29) is 16.6 Å². The molecule has 0 saturated heterocycles. The zero-order valence-corrected chi connectivity index (χ0v) is 35.7. The second-order valence-corrected chi connectivity index (χ2v) is 17.3. The van der Waals surface area contributed by atoms with Crippen molar-refractivity contribution in [2.24, 2.45) is 0 Å². The number of rotatable bonds is 4. The smallest absolute Gasteiger partial charge is 0.420 e. The highest BCUT2D eigenvalue weighted by Crippen LogP contribution is 2.66. The second kappa shape index (κ2) is 14.3. The Morgan fingerprint density at radius 3 is 1.68 bits per heavy atom. The minimum absolute atomic E-state index is 0.152. The first-order chi connectivity index (χ1) is 33.0. The fraction of sp³-hybridized carbons (Fsp3) is 0.0508. The summed E-state index contributed by atoms with van der Waals surface area (Å²) >= 11 is 0. The van der Waals surface area contributed by atoms with E-state index < -0.39 is 28.9 Å². The highest BCUT2D eigenvalue weighted by atomic mass is 19.4. The van der Waals surface area contributed by atoms with Crippen LogP contribution in [-0.2, 0) is 17.8 Å². The number of alkyl halides is 6. The zero-order chi connectivity index (χ0) is 46.1. The Labute approximate surface area is 385 Å². The molecular formula is C59H34F6N2O. The molecule has 0 radical (unpaired) electrons. The molecule has 0 unspecified atom stereocenters. The molecule has 2 heterocycles. The maximum absolute atomic E-state index is 14.6. The fourth-order valence-electron chi connectivity index (χ4n) is 11.2. The van der Waals surface area contributed by atoms with Crippen molar-refractivity contribution in [3.8, 4) is 11.1 Å². The van der Waals surface area contributed by atoms with Gasteiger partial charge in [-0.2, -0.15) is 26.3 Å². The Morgan fingerprint density at radius 1 is 0.412 bits per heavy atom. The summed E-state index contributed by atoms with van der Waals surface area (Å²) in [7, 11) is 0. The molecule has 1 aliphatic carbocycles. The van der Waals surface area contributed by atoms with Gasteiger partial charge in [0.2, 0.25) is 0 Å². The number of hydrogen-bond acceptors (Lipinski definition) is 3. The van der Waals surface area contributed by atoms with Crippen LogP contribution in [0.3, 0.4) is 0 Å². The molecule has 68 heavy (non-hydrogen) atoms. The third-order valence-electron chi connectivity index (χ3n) is 13.9. The molecule has 1 aromatic heterocycles. The quantitative estimate of drug-likeness (QED) is 0.164. The summed E-state index contributed by atoms with van der Waals surface area (Å²) in [6.07, 6.45) is -9.33. The highest BCUT2D eigenvalue weighted by Gasteiger charge is 2.53. The number of nitrogens with zero attached hydrogens (tertiary/aromatic N) is 2. The summed E-state index contributed by atoms with van der Waals surface area (Å²) in [6.45, 7) is 0. The monoisotopic (exact) mass is 900 g/mol. The van der Waals surface area contributed by atoms with E-state index in [2.05, 4.69) is 89.8 Å². The van der Waals surface area contributed by atoms with Crippen LogP contribution in [0.25, 0.3) is 54.6 Å². The van der Waals surface area contributed by atoms with Gasteiger partial charge < -0.3 is 14.2 Å². The van der Waals surface area contributed by atoms with Gasteiger partial charge in [0.1, 0.15) is 5.58 Å². The fourth-order valence-corrected chi connectivity index (χ4v) is 11.2. The second-order valence-electron chi connectivity index (χ2n) is 17.3. The average Bonchev–Trinajstić information content (AvgIpc) is 3.89. The van der Waals surface area contributed by atoms with E-state index in [1.54, 1.807) is 24.3 Å². The van der Waals surface area contributed by atoms with E-state index in [0.717, 1.165) is 90.2 Å². The molecule has 0 saturated carbocycles.